The SMILES string of the molecule is [2H]C([2H])([2H])C([2H])(CCC[C@@H](C)[C@H]1CC[C@H]2[C@@H]3CC=C4C[C@@H](OC(=O)CCCCCCCCCCCCCCC)CC[C@]4(C)[C@H]3CC[C@]12C)C([2H])([2H])[2H]. The number of carbonyl (C=O) groups excluding carboxylic acids is 1. The number of esters is 1. The molecule has 0 aromatic heterocycles. The van der Waals surface area contributed by atoms with Gasteiger partial charge in [-0.1, -0.05) is 149 Å². The van der Waals surface area contributed by atoms with Crippen LogP contribution in [0.1, 0.15) is 212 Å². The third-order valence-electron chi connectivity index (χ3n) is 13.7. The van der Waals surface area contributed by atoms with E-state index < -0.39 is 19.6 Å². The second kappa shape index (κ2) is 18.1. The molecule has 0 amide bonds. The van der Waals surface area contributed by atoms with Gasteiger partial charge in [-0.05, 0) is 97.7 Å². The average Bonchev–Trinajstić information content (AvgIpc) is 3.43. The highest BCUT2D eigenvalue weighted by Crippen LogP contribution is 2.67. The fourth-order valence-electron chi connectivity index (χ4n) is 11.0. The molecule has 0 heterocycles. The maximum absolute atomic E-state index is 12.8. The molecule has 0 unspecified atom stereocenters. The number of ether oxygens (including phenoxy) is 1. The summed E-state index contributed by atoms with van der Waals surface area (Å²) in [6, 6.07) is 0. The zero-order valence-electron chi connectivity index (χ0n) is 37.0. The van der Waals surface area contributed by atoms with E-state index in [-0.39, 0.29) is 29.3 Å². The van der Waals surface area contributed by atoms with Crippen molar-refractivity contribution in [3.63, 3.8) is 0 Å². The highest BCUT2D eigenvalue weighted by Gasteiger charge is 2.59. The van der Waals surface area contributed by atoms with Crippen LogP contribution >= 0.6 is 0 Å². The Balaban J connectivity index is 1.19. The van der Waals surface area contributed by atoms with E-state index in [9.17, 15) is 4.79 Å². The Morgan fingerprint density at radius 3 is 2.20 bits per heavy atom. The Bertz CT molecular complexity index is 1130. The van der Waals surface area contributed by atoms with Gasteiger partial charge in [0.1, 0.15) is 6.10 Å². The molecule has 2 nitrogen and oxygen atoms in total. The van der Waals surface area contributed by atoms with Crippen molar-refractivity contribution in [2.45, 2.75) is 208 Å². The summed E-state index contributed by atoms with van der Waals surface area (Å²) in [5.41, 5.74) is 1.97. The molecule has 8 atom stereocenters. The van der Waals surface area contributed by atoms with Gasteiger partial charge in [0.2, 0.25) is 0 Å². The van der Waals surface area contributed by atoms with Crippen molar-refractivity contribution in [3.05, 3.63) is 11.6 Å². The summed E-state index contributed by atoms with van der Waals surface area (Å²) in [5.74, 6) is 0.516. The number of carbonyl (C=O) groups is 1. The van der Waals surface area contributed by atoms with Gasteiger partial charge in [0.15, 0.2) is 0 Å². The first-order chi connectivity index (χ1) is 24.5. The molecule has 4 aliphatic carbocycles. The van der Waals surface area contributed by atoms with Gasteiger partial charge in [0.25, 0.3) is 0 Å². The molecule has 0 saturated heterocycles. The van der Waals surface area contributed by atoms with E-state index in [1.807, 2.05) is 0 Å². The van der Waals surface area contributed by atoms with Crippen LogP contribution in [0.2, 0.25) is 0 Å². The number of unbranched alkanes of at least 4 members (excludes halogenated alkanes) is 12. The molecule has 0 aromatic rings. The first kappa shape index (κ1) is 28.1. The summed E-state index contributed by atoms with van der Waals surface area (Å²) in [4.78, 5) is 12.8. The van der Waals surface area contributed by atoms with E-state index in [0.29, 0.717) is 42.4 Å². The molecule has 0 radical (unpaired) electrons. The number of hydrogen-bond donors (Lipinski definition) is 0. The molecule has 0 aromatic carbocycles. The molecule has 0 spiro atoms. The third kappa shape index (κ3) is 9.87. The van der Waals surface area contributed by atoms with Crippen LogP contribution in [0.5, 0.6) is 0 Å². The van der Waals surface area contributed by atoms with Crippen molar-refractivity contribution >= 4 is 5.97 Å². The maximum atomic E-state index is 12.8. The number of hydrogen-bond acceptors (Lipinski definition) is 2. The van der Waals surface area contributed by atoms with E-state index in [1.165, 1.54) is 102 Å². The number of fused-ring (bicyclic) bond motifs is 5. The fraction of sp³-hybridized carbons (Fsp3) is 0.930. The van der Waals surface area contributed by atoms with Crippen LogP contribution in [-0.4, -0.2) is 12.1 Å². The zero-order valence-corrected chi connectivity index (χ0v) is 30.0. The van der Waals surface area contributed by atoms with Gasteiger partial charge >= 0.3 is 5.97 Å². The summed E-state index contributed by atoms with van der Waals surface area (Å²) in [5, 5.41) is 0. The van der Waals surface area contributed by atoms with Crippen molar-refractivity contribution in [2.75, 3.05) is 0 Å². The largest absolute Gasteiger partial charge is 0.462 e. The molecule has 4 aliphatic rings. The van der Waals surface area contributed by atoms with Crippen LogP contribution in [0.3, 0.4) is 0 Å². The summed E-state index contributed by atoms with van der Waals surface area (Å²) in [6.07, 6.45) is 30.1. The molecule has 0 bridgehead atoms. The van der Waals surface area contributed by atoms with E-state index in [1.54, 1.807) is 0 Å². The Kier molecular flexibility index (Phi) is 11.3. The molecule has 0 N–H and O–H groups in total. The molecule has 260 valence electrons. The minimum Gasteiger partial charge on any atom is -0.462 e. The Morgan fingerprint density at radius 2 is 1.53 bits per heavy atom. The highest BCUT2D eigenvalue weighted by molar-refractivity contribution is 5.69. The molecule has 3 fully saturated rings. The van der Waals surface area contributed by atoms with Gasteiger partial charge < -0.3 is 4.74 Å². The number of allylic oxidation sites excluding steroid dienone is 1. The van der Waals surface area contributed by atoms with Gasteiger partial charge in [-0.2, -0.15) is 0 Å². The van der Waals surface area contributed by atoms with Crippen LogP contribution in [0, 0.1) is 46.3 Å². The Morgan fingerprint density at radius 1 is 0.867 bits per heavy atom. The molecular formula is C43H76O2. The first-order valence-electron chi connectivity index (χ1n) is 23.4. The molecule has 4 rings (SSSR count). The maximum Gasteiger partial charge on any atom is 0.306 e. The molecule has 45 heavy (non-hydrogen) atoms. The van der Waals surface area contributed by atoms with E-state index in [4.69, 9.17) is 14.3 Å². The second-order valence-corrected chi connectivity index (χ2v) is 16.7. The molecule has 3 saturated carbocycles. The van der Waals surface area contributed by atoms with Crippen molar-refractivity contribution in [2.24, 2.45) is 46.3 Å². The summed E-state index contributed by atoms with van der Waals surface area (Å²) in [7, 11) is 0. The Hall–Kier alpha value is -0.790. The van der Waals surface area contributed by atoms with Gasteiger partial charge in [0, 0.05) is 22.4 Å². The molecule has 0 aliphatic heterocycles. The van der Waals surface area contributed by atoms with E-state index in [0.717, 1.165) is 44.9 Å². The Labute approximate surface area is 290 Å². The summed E-state index contributed by atoms with van der Waals surface area (Å²) < 4.78 is 61.3. The van der Waals surface area contributed by atoms with Crippen molar-refractivity contribution in [1.29, 1.82) is 0 Å². The van der Waals surface area contributed by atoms with Crippen LogP contribution in [0.4, 0.5) is 0 Å². The lowest BCUT2D eigenvalue weighted by Gasteiger charge is -2.58. The van der Waals surface area contributed by atoms with Gasteiger partial charge in [-0.3, -0.25) is 4.79 Å². The predicted molar refractivity (Wildman–Crippen MR) is 193 cm³/mol. The summed E-state index contributed by atoms with van der Waals surface area (Å²) in [6.45, 7) is 3.90. The van der Waals surface area contributed by atoms with Crippen LogP contribution in [0.25, 0.3) is 0 Å². The quantitative estimate of drug-likeness (QED) is 0.0759. The van der Waals surface area contributed by atoms with Gasteiger partial charge in [-0.15, -0.1) is 0 Å². The monoisotopic (exact) mass is 632 g/mol. The fourth-order valence-corrected chi connectivity index (χ4v) is 11.0. The molecule has 2 heteroatoms. The second-order valence-electron chi connectivity index (χ2n) is 16.7. The van der Waals surface area contributed by atoms with Gasteiger partial charge in [0.05, 0.1) is 0 Å². The van der Waals surface area contributed by atoms with E-state index in [2.05, 4.69) is 33.8 Å². The minimum absolute atomic E-state index is 0.00394. The first-order valence-corrected chi connectivity index (χ1v) is 19.9. The third-order valence-corrected chi connectivity index (χ3v) is 13.7. The van der Waals surface area contributed by atoms with Crippen molar-refractivity contribution < 1.29 is 19.1 Å². The smallest absolute Gasteiger partial charge is 0.306 e. The lowest BCUT2D eigenvalue weighted by molar-refractivity contribution is -0.151. The van der Waals surface area contributed by atoms with Crippen LogP contribution < -0.4 is 0 Å². The minimum atomic E-state index is -2.83. The normalized spacial score (nSPS) is 36.4. The van der Waals surface area contributed by atoms with E-state index >= 15 is 0 Å². The summed E-state index contributed by atoms with van der Waals surface area (Å²) >= 11 is 0. The lowest BCUT2D eigenvalue weighted by Crippen LogP contribution is -2.51. The van der Waals surface area contributed by atoms with Crippen molar-refractivity contribution in [3.8, 4) is 0 Å². The topological polar surface area (TPSA) is 26.3 Å². The lowest BCUT2D eigenvalue weighted by atomic mass is 9.47. The van der Waals surface area contributed by atoms with Crippen LogP contribution in [0.15, 0.2) is 11.6 Å². The van der Waals surface area contributed by atoms with Crippen molar-refractivity contribution in [1.82, 2.24) is 0 Å². The molecular weight excluding hydrogens is 548 g/mol. The van der Waals surface area contributed by atoms with Gasteiger partial charge in [-0.25, -0.2) is 0 Å². The predicted octanol–water partition coefficient (Wildman–Crippen LogP) is 13.4. The highest BCUT2D eigenvalue weighted by atomic mass is 16.5. The zero-order chi connectivity index (χ0) is 38.2. The average molecular weight is 632 g/mol. The standard InChI is InChI=1S/C43H76O2/c1-7-8-9-10-11-12-13-14-15-16-17-18-19-23-41(44)45-36-28-30-42(5)35(32-36)24-25-37-39-27-26-38(34(4)22-20-21-33(2)3)43(39,6)31-29-40(37)42/h24,33-34,36-40H,7-23,25-32H2,1-6H3/t34-,36+,37+,38-,39+,40+,42+,43-/m1/s1/i2D3,3D3,33D. The number of rotatable bonds is 20. The van der Waals surface area contributed by atoms with Crippen LogP contribution in [-0.2, 0) is 9.53 Å².